The summed E-state index contributed by atoms with van der Waals surface area (Å²) in [6.45, 7) is 8.82. The largest absolute Gasteiger partial charge is 0.498 e. The van der Waals surface area contributed by atoms with E-state index < -0.39 is 7.12 Å². The summed E-state index contributed by atoms with van der Waals surface area (Å²) in [5.41, 5.74) is 1.75. The van der Waals surface area contributed by atoms with Gasteiger partial charge in [0.2, 0.25) is 0 Å². The molecule has 2 aromatic rings. The first-order valence-electron chi connectivity index (χ1n) is 6.78. The Morgan fingerprint density at radius 3 is 2.79 bits per heavy atom. The maximum absolute atomic E-state index is 6.11. The van der Waals surface area contributed by atoms with Gasteiger partial charge in [0.25, 0.3) is 0 Å². The molecule has 0 radical (unpaired) electrons. The Bertz CT molecular complexity index is 539. The average Bonchev–Trinajstić information content (AvgIpc) is 2.86. The first-order valence-corrected chi connectivity index (χ1v) is 6.78. The Morgan fingerprint density at radius 1 is 1.32 bits per heavy atom. The van der Waals surface area contributed by atoms with Crippen molar-refractivity contribution in [1.82, 2.24) is 9.97 Å². The molecule has 0 aliphatic carbocycles. The van der Waals surface area contributed by atoms with Gasteiger partial charge in [-0.1, -0.05) is 6.92 Å². The molecule has 0 spiro atoms. The molecular formula is C14H21BN2O2. The van der Waals surface area contributed by atoms with Gasteiger partial charge in [-0.15, -0.1) is 0 Å². The third-order valence-electron chi connectivity index (χ3n) is 3.34. The topological polar surface area (TPSA) is 47.1 Å². The number of fused-ring (bicyclic) bond motifs is 1. The van der Waals surface area contributed by atoms with Gasteiger partial charge in [0.05, 0.1) is 0 Å². The van der Waals surface area contributed by atoms with E-state index in [0.717, 1.165) is 22.8 Å². The predicted molar refractivity (Wildman–Crippen MR) is 78.6 cm³/mol. The van der Waals surface area contributed by atoms with E-state index in [0.29, 0.717) is 6.61 Å². The average molecular weight is 260 g/mol. The highest BCUT2D eigenvalue weighted by Gasteiger charge is 2.30. The van der Waals surface area contributed by atoms with Crippen LogP contribution in [0, 0.1) is 0 Å². The van der Waals surface area contributed by atoms with E-state index in [4.69, 9.17) is 9.31 Å². The number of aromatic amines is 1. The quantitative estimate of drug-likeness (QED) is 0.812. The lowest BCUT2D eigenvalue weighted by molar-refractivity contribution is 0.0707. The van der Waals surface area contributed by atoms with Gasteiger partial charge in [-0.2, -0.15) is 0 Å². The van der Waals surface area contributed by atoms with E-state index >= 15 is 0 Å². The monoisotopic (exact) mass is 260 g/mol. The SMILES string of the molecule is CCOB(OC(C)(C)CC)c1cncc2cc[nH]c12. The fourth-order valence-electron chi connectivity index (χ4n) is 1.89. The zero-order valence-electron chi connectivity index (χ0n) is 12.1. The van der Waals surface area contributed by atoms with Gasteiger partial charge >= 0.3 is 7.12 Å². The minimum atomic E-state index is -0.394. The third kappa shape index (κ3) is 3.17. The molecule has 1 N–H and O–H groups in total. The molecule has 2 heterocycles. The molecule has 4 nitrogen and oxygen atoms in total. The Kier molecular flexibility index (Phi) is 4.27. The fraction of sp³-hybridized carbons (Fsp3) is 0.500. The van der Waals surface area contributed by atoms with Crippen LogP contribution in [0.15, 0.2) is 24.7 Å². The fourth-order valence-corrected chi connectivity index (χ4v) is 1.89. The first-order chi connectivity index (χ1) is 9.07. The summed E-state index contributed by atoms with van der Waals surface area (Å²) in [6.07, 6.45) is 6.47. The van der Waals surface area contributed by atoms with Crippen LogP contribution >= 0.6 is 0 Å². The maximum atomic E-state index is 6.11. The van der Waals surface area contributed by atoms with E-state index in [1.165, 1.54) is 0 Å². The van der Waals surface area contributed by atoms with Gasteiger partial charge in [-0.3, -0.25) is 4.98 Å². The maximum Gasteiger partial charge on any atom is 0.498 e. The van der Waals surface area contributed by atoms with Gasteiger partial charge < -0.3 is 14.3 Å². The van der Waals surface area contributed by atoms with Crippen molar-refractivity contribution in [3.8, 4) is 0 Å². The number of hydrogen-bond acceptors (Lipinski definition) is 3. The van der Waals surface area contributed by atoms with Gasteiger partial charge in [-0.05, 0) is 33.3 Å². The first kappa shape index (κ1) is 14.1. The molecule has 0 amide bonds. The van der Waals surface area contributed by atoms with E-state index in [1.54, 1.807) is 0 Å². The van der Waals surface area contributed by atoms with E-state index in [9.17, 15) is 0 Å². The van der Waals surface area contributed by atoms with Crippen molar-refractivity contribution in [3.05, 3.63) is 24.7 Å². The number of rotatable bonds is 6. The highest BCUT2D eigenvalue weighted by Crippen LogP contribution is 2.17. The van der Waals surface area contributed by atoms with Crippen LogP contribution in [-0.2, 0) is 9.31 Å². The summed E-state index contributed by atoms with van der Waals surface area (Å²) < 4.78 is 11.9. The lowest BCUT2D eigenvalue weighted by atomic mass is 9.77. The van der Waals surface area contributed by atoms with Crippen molar-refractivity contribution >= 4 is 23.5 Å². The normalized spacial score (nSPS) is 12.0. The summed E-state index contributed by atoms with van der Waals surface area (Å²) in [6, 6.07) is 2.00. The predicted octanol–water partition coefficient (Wildman–Crippen LogP) is 2.50. The van der Waals surface area contributed by atoms with Gasteiger partial charge in [-0.25, -0.2) is 0 Å². The van der Waals surface area contributed by atoms with Crippen molar-refractivity contribution in [2.24, 2.45) is 0 Å². The molecule has 0 saturated carbocycles. The van der Waals surface area contributed by atoms with Crippen LogP contribution in [0.5, 0.6) is 0 Å². The molecule has 0 aliphatic rings. The van der Waals surface area contributed by atoms with Crippen molar-refractivity contribution in [3.63, 3.8) is 0 Å². The minimum Gasteiger partial charge on any atom is -0.407 e. The second-order valence-corrected chi connectivity index (χ2v) is 5.19. The van der Waals surface area contributed by atoms with Crippen LogP contribution < -0.4 is 5.46 Å². The van der Waals surface area contributed by atoms with E-state index in [-0.39, 0.29) is 5.60 Å². The molecule has 2 rings (SSSR count). The number of pyridine rings is 1. The van der Waals surface area contributed by atoms with Crippen LogP contribution in [0.4, 0.5) is 0 Å². The lowest BCUT2D eigenvalue weighted by Crippen LogP contribution is -2.44. The van der Waals surface area contributed by atoms with Crippen molar-refractivity contribution < 1.29 is 9.31 Å². The third-order valence-corrected chi connectivity index (χ3v) is 3.34. The molecule has 0 unspecified atom stereocenters. The second kappa shape index (κ2) is 5.76. The molecule has 0 fully saturated rings. The van der Waals surface area contributed by atoms with Gasteiger partial charge in [0.15, 0.2) is 0 Å². The zero-order chi connectivity index (χ0) is 13.9. The summed E-state index contributed by atoms with van der Waals surface area (Å²) in [7, 11) is -0.394. The van der Waals surface area contributed by atoms with Crippen LogP contribution in [-0.4, -0.2) is 29.3 Å². The summed E-state index contributed by atoms with van der Waals surface area (Å²) >= 11 is 0. The molecule has 102 valence electrons. The number of aromatic nitrogens is 2. The summed E-state index contributed by atoms with van der Waals surface area (Å²) in [5, 5.41) is 1.07. The Hall–Kier alpha value is -1.33. The van der Waals surface area contributed by atoms with Gasteiger partial charge in [0, 0.05) is 47.2 Å². The molecule has 2 aromatic heterocycles. The van der Waals surface area contributed by atoms with Crippen LogP contribution in [0.2, 0.25) is 0 Å². The van der Waals surface area contributed by atoms with Gasteiger partial charge in [0.1, 0.15) is 0 Å². The minimum absolute atomic E-state index is 0.228. The molecule has 0 aliphatic heterocycles. The Labute approximate surface area is 114 Å². The molecule has 19 heavy (non-hydrogen) atoms. The molecule has 0 atom stereocenters. The highest BCUT2D eigenvalue weighted by molar-refractivity contribution is 6.64. The lowest BCUT2D eigenvalue weighted by Gasteiger charge is -2.28. The number of nitrogens with zero attached hydrogens (tertiary/aromatic N) is 1. The van der Waals surface area contributed by atoms with E-state index in [1.807, 2.05) is 31.6 Å². The number of H-pyrrole nitrogens is 1. The van der Waals surface area contributed by atoms with Crippen molar-refractivity contribution in [2.45, 2.75) is 39.7 Å². The van der Waals surface area contributed by atoms with E-state index in [2.05, 4.69) is 30.7 Å². The summed E-state index contributed by atoms with van der Waals surface area (Å²) in [5.74, 6) is 0. The zero-order valence-corrected chi connectivity index (χ0v) is 12.1. The molecule has 0 bridgehead atoms. The standard InChI is InChI=1S/C14H21BN2O2/c1-5-14(3,4)19-15(18-6-2)12-10-16-9-11-7-8-17-13(11)12/h7-10,17H,5-6H2,1-4H3. The number of hydrogen-bond donors (Lipinski definition) is 1. The smallest absolute Gasteiger partial charge is 0.407 e. The van der Waals surface area contributed by atoms with Crippen molar-refractivity contribution in [2.75, 3.05) is 6.61 Å². The Morgan fingerprint density at radius 2 is 2.11 bits per heavy atom. The van der Waals surface area contributed by atoms with Crippen LogP contribution in [0.1, 0.15) is 34.1 Å². The van der Waals surface area contributed by atoms with Crippen molar-refractivity contribution in [1.29, 1.82) is 0 Å². The summed E-state index contributed by atoms with van der Waals surface area (Å²) in [4.78, 5) is 7.49. The second-order valence-electron chi connectivity index (χ2n) is 5.19. The van der Waals surface area contributed by atoms with Crippen LogP contribution in [0.25, 0.3) is 10.9 Å². The molecule has 0 aromatic carbocycles. The number of nitrogens with one attached hydrogen (secondary N) is 1. The van der Waals surface area contributed by atoms with Crippen LogP contribution in [0.3, 0.4) is 0 Å². The molecule has 5 heteroatoms. The highest BCUT2D eigenvalue weighted by atomic mass is 16.6. The molecular weight excluding hydrogens is 239 g/mol. The molecule has 0 saturated heterocycles. The Balaban J connectivity index is 2.35.